The van der Waals surface area contributed by atoms with Crippen molar-refractivity contribution in [3.8, 4) is 0 Å². The molecule has 0 aliphatic heterocycles. The number of thiocarbonyl (C=S) groups is 1. The molecule has 0 fully saturated rings. The summed E-state index contributed by atoms with van der Waals surface area (Å²) in [7, 11) is 3.94. The van der Waals surface area contributed by atoms with E-state index in [1.165, 1.54) is 12.1 Å². The zero-order valence-electron chi connectivity index (χ0n) is 12.2. The fourth-order valence-corrected chi connectivity index (χ4v) is 2.07. The number of rotatable bonds is 4. The van der Waals surface area contributed by atoms with Gasteiger partial charge in [0.1, 0.15) is 0 Å². The lowest BCUT2D eigenvalue weighted by Gasteiger charge is -2.14. The van der Waals surface area contributed by atoms with Crippen molar-refractivity contribution in [1.82, 2.24) is 0 Å². The van der Waals surface area contributed by atoms with Gasteiger partial charge in [0.05, 0.1) is 4.92 Å². The van der Waals surface area contributed by atoms with E-state index in [2.05, 4.69) is 10.6 Å². The first-order valence-corrected chi connectivity index (χ1v) is 6.96. The highest BCUT2D eigenvalue weighted by atomic mass is 32.1. The van der Waals surface area contributed by atoms with E-state index in [0.717, 1.165) is 11.4 Å². The fourth-order valence-electron chi connectivity index (χ4n) is 1.83. The number of nitro groups is 1. The fraction of sp³-hybridized carbons (Fsp3) is 0.133. The van der Waals surface area contributed by atoms with Gasteiger partial charge < -0.3 is 15.5 Å². The average molecular weight is 316 g/mol. The number of nitrogens with zero attached hydrogens (tertiary/aromatic N) is 2. The van der Waals surface area contributed by atoms with Crippen molar-refractivity contribution in [3.63, 3.8) is 0 Å². The monoisotopic (exact) mass is 316 g/mol. The highest BCUT2D eigenvalue weighted by Crippen LogP contribution is 2.18. The molecule has 0 saturated heterocycles. The molecule has 0 bridgehead atoms. The Morgan fingerprint density at radius 2 is 1.73 bits per heavy atom. The number of benzene rings is 2. The van der Waals surface area contributed by atoms with Gasteiger partial charge >= 0.3 is 0 Å². The Morgan fingerprint density at radius 1 is 1.09 bits per heavy atom. The summed E-state index contributed by atoms with van der Waals surface area (Å²) in [6, 6.07) is 14.0. The van der Waals surface area contributed by atoms with Crippen LogP contribution in [0.3, 0.4) is 0 Å². The van der Waals surface area contributed by atoms with Crippen LogP contribution in [0.2, 0.25) is 0 Å². The first-order valence-electron chi connectivity index (χ1n) is 6.55. The quantitative estimate of drug-likeness (QED) is 0.511. The van der Waals surface area contributed by atoms with Gasteiger partial charge in [-0.1, -0.05) is 6.07 Å². The van der Waals surface area contributed by atoms with Crippen molar-refractivity contribution in [3.05, 3.63) is 58.6 Å². The molecule has 0 saturated carbocycles. The highest BCUT2D eigenvalue weighted by Gasteiger charge is 2.06. The van der Waals surface area contributed by atoms with Gasteiger partial charge in [0.25, 0.3) is 5.69 Å². The summed E-state index contributed by atoms with van der Waals surface area (Å²) in [5.74, 6) is 0. The molecule has 0 unspecified atom stereocenters. The molecule has 6 nitrogen and oxygen atoms in total. The molecule has 0 aliphatic carbocycles. The van der Waals surface area contributed by atoms with E-state index in [4.69, 9.17) is 12.2 Å². The van der Waals surface area contributed by atoms with Gasteiger partial charge in [-0.3, -0.25) is 10.1 Å². The molecule has 2 rings (SSSR count). The number of nitrogens with one attached hydrogen (secondary N) is 2. The van der Waals surface area contributed by atoms with Crippen molar-refractivity contribution >= 4 is 40.1 Å². The molecule has 0 amide bonds. The number of anilines is 3. The van der Waals surface area contributed by atoms with Crippen LogP contribution in [0.1, 0.15) is 0 Å². The van der Waals surface area contributed by atoms with E-state index in [-0.39, 0.29) is 5.69 Å². The Morgan fingerprint density at radius 3 is 2.32 bits per heavy atom. The van der Waals surface area contributed by atoms with E-state index < -0.39 is 4.92 Å². The second-order valence-corrected chi connectivity index (χ2v) is 5.24. The third-order valence-corrected chi connectivity index (χ3v) is 3.16. The van der Waals surface area contributed by atoms with Gasteiger partial charge in [0.2, 0.25) is 0 Å². The summed E-state index contributed by atoms with van der Waals surface area (Å²) in [6.45, 7) is 0. The SMILES string of the molecule is CN(C)c1ccc(NC(=S)Nc2cccc([N+](=O)[O-])c2)cc1. The highest BCUT2D eigenvalue weighted by molar-refractivity contribution is 7.80. The lowest BCUT2D eigenvalue weighted by molar-refractivity contribution is -0.384. The van der Waals surface area contributed by atoms with Crippen molar-refractivity contribution in [2.45, 2.75) is 0 Å². The van der Waals surface area contributed by atoms with Crippen LogP contribution in [0.4, 0.5) is 22.7 Å². The van der Waals surface area contributed by atoms with Gasteiger partial charge in [-0.05, 0) is 42.5 Å². The minimum absolute atomic E-state index is 0.0168. The van der Waals surface area contributed by atoms with Gasteiger partial charge in [-0.15, -0.1) is 0 Å². The number of non-ortho nitro benzene ring substituents is 1. The number of nitro benzene ring substituents is 1. The lowest BCUT2D eigenvalue weighted by Crippen LogP contribution is -2.19. The maximum atomic E-state index is 10.7. The normalized spacial score (nSPS) is 9.91. The van der Waals surface area contributed by atoms with Crippen LogP contribution < -0.4 is 15.5 Å². The predicted molar refractivity (Wildman–Crippen MR) is 93.7 cm³/mol. The molecule has 114 valence electrons. The van der Waals surface area contributed by atoms with E-state index in [9.17, 15) is 10.1 Å². The molecular weight excluding hydrogens is 300 g/mol. The summed E-state index contributed by atoms with van der Waals surface area (Å²) in [5, 5.41) is 17.1. The molecule has 2 aromatic carbocycles. The van der Waals surface area contributed by atoms with Crippen LogP contribution in [0, 0.1) is 10.1 Å². The Kier molecular flexibility index (Phi) is 4.90. The minimum atomic E-state index is -0.443. The molecule has 0 heterocycles. The van der Waals surface area contributed by atoms with Gasteiger partial charge in [0, 0.05) is 43.3 Å². The smallest absolute Gasteiger partial charge is 0.271 e. The van der Waals surface area contributed by atoms with E-state index >= 15 is 0 Å². The van der Waals surface area contributed by atoms with Crippen molar-refractivity contribution in [2.75, 3.05) is 29.6 Å². The van der Waals surface area contributed by atoms with E-state index in [1.54, 1.807) is 12.1 Å². The first-order chi connectivity index (χ1) is 10.5. The molecule has 0 aliphatic rings. The molecule has 7 heteroatoms. The maximum Gasteiger partial charge on any atom is 0.271 e. The van der Waals surface area contributed by atoms with Crippen molar-refractivity contribution in [1.29, 1.82) is 0 Å². The van der Waals surface area contributed by atoms with Crippen LogP contribution in [-0.2, 0) is 0 Å². The van der Waals surface area contributed by atoms with E-state index in [0.29, 0.717) is 10.8 Å². The van der Waals surface area contributed by atoms with Gasteiger partial charge in [0.15, 0.2) is 5.11 Å². The zero-order chi connectivity index (χ0) is 16.1. The second kappa shape index (κ2) is 6.86. The van der Waals surface area contributed by atoms with Gasteiger partial charge in [-0.2, -0.15) is 0 Å². The second-order valence-electron chi connectivity index (χ2n) is 4.83. The Balaban J connectivity index is 2.00. The van der Waals surface area contributed by atoms with Crippen molar-refractivity contribution in [2.24, 2.45) is 0 Å². The predicted octanol–water partition coefficient (Wildman–Crippen LogP) is 3.47. The summed E-state index contributed by atoms with van der Waals surface area (Å²) in [6.07, 6.45) is 0. The molecule has 0 aromatic heterocycles. The molecule has 2 aromatic rings. The Hall–Kier alpha value is -2.67. The Labute approximate surface area is 133 Å². The molecule has 0 radical (unpaired) electrons. The molecule has 0 spiro atoms. The minimum Gasteiger partial charge on any atom is -0.378 e. The molecular formula is C15H16N4O2S. The van der Waals surface area contributed by atoms with Crippen LogP contribution in [0.15, 0.2) is 48.5 Å². The molecule has 2 N–H and O–H groups in total. The van der Waals surface area contributed by atoms with Gasteiger partial charge in [-0.25, -0.2) is 0 Å². The summed E-state index contributed by atoms with van der Waals surface area (Å²) in [4.78, 5) is 12.3. The van der Waals surface area contributed by atoms with Crippen LogP contribution in [0.25, 0.3) is 0 Å². The topological polar surface area (TPSA) is 70.4 Å². The van der Waals surface area contributed by atoms with Crippen LogP contribution in [0.5, 0.6) is 0 Å². The lowest BCUT2D eigenvalue weighted by atomic mass is 10.2. The standard InChI is InChI=1S/C15H16N4O2S/c1-18(2)13-8-6-11(7-9-13)16-15(22)17-12-4-3-5-14(10-12)19(20)21/h3-10H,1-2H3,(H2,16,17,22). The summed E-state index contributed by atoms with van der Waals surface area (Å²) < 4.78 is 0. The summed E-state index contributed by atoms with van der Waals surface area (Å²) >= 11 is 5.21. The third-order valence-electron chi connectivity index (χ3n) is 2.96. The molecule has 0 atom stereocenters. The van der Waals surface area contributed by atoms with Crippen LogP contribution >= 0.6 is 12.2 Å². The first kappa shape index (κ1) is 15.7. The molecule has 22 heavy (non-hydrogen) atoms. The van der Waals surface area contributed by atoms with E-state index in [1.807, 2.05) is 43.3 Å². The Bertz CT molecular complexity index is 686. The third kappa shape index (κ3) is 4.16. The largest absolute Gasteiger partial charge is 0.378 e. The summed E-state index contributed by atoms with van der Waals surface area (Å²) in [5.41, 5.74) is 2.51. The maximum absolute atomic E-state index is 10.7. The number of hydrogen-bond acceptors (Lipinski definition) is 4. The zero-order valence-corrected chi connectivity index (χ0v) is 13.1. The average Bonchev–Trinajstić information content (AvgIpc) is 2.47. The van der Waals surface area contributed by atoms with Crippen molar-refractivity contribution < 1.29 is 4.92 Å². The van der Waals surface area contributed by atoms with Crippen LogP contribution in [-0.4, -0.2) is 24.1 Å². The number of hydrogen-bond donors (Lipinski definition) is 2.